The zero-order chi connectivity index (χ0) is 16.0. The number of hydrogen-bond donors (Lipinski definition) is 0. The average Bonchev–Trinajstić information content (AvgIpc) is 2.92. The van der Waals surface area contributed by atoms with Crippen molar-refractivity contribution in [3.8, 4) is 6.07 Å². The van der Waals surface area contributed by atoms with Gasteiger partial charge in [-0.25, -0.2) is 12.7 Å². The summed E-state index contributed by atoms with van der Waals surface area (Å²) < 4.78 is 31.7. The van der Waals surface area contributed by atoms with Gasteiger partial charge in [-0.05, 0) is 18.8 Å². The van der Waals surface area contributed by atoms with Crippen LogP contribution in [0.15, 0.2) is 0 Å². The molecule has 0 aromatic heterocycles. The first-order chi connectivity index (χ1) is 9.84. The largest absolute Gasteiger partial charge is 0.469 e. The third kappa shape index (κ3) is 4.42. The van der Waals surface area contributed by atoms with Crippen molar-refractivity contribution < 1.29 is 17.9 Å². The van der Waals surface area contributed by atoms with E-state index in [0.29, 0.717) is 25.8 Å². The minimum absolute atomic E-state index is 0.154. The minimum Gasteiger partial charge on any atom is -0.469 e. The number of nitrogens with zero attached hydrogens (tertiary/aromatic N) is 2. The van der Waals surface area contributed by atoms with E-state index in [1.54, 1.807) is 0 Å². The second-order valence-electron chi connectivity index (χ2n) is 5.80. The lowest BCUT2D eigenvalue weighted by atomic mass is 10.1. The maximum Gasteiger partial charge on any atom is 0.310 e. The number of carbonyl (C=O) groups excluding carboxylic acids is 1. The molecule has 7 heteroatoms. The molecule has 120 valence electrons. The Morgan fingerprint density at radius 1 is 1.43 bits per heavy atom. The van der Waals surface area contributed by atoms with Gasteiger partial charge in [0.05, 0.1) is 24.3 Å². The molecule has 0 N–H and O–H groups in total. The summed E-state index contributed by atoms with van der Waals surface area (Å²) in [6.07, 6.45) is 1.88. The molecule has 1 aliphatic carbocycles. The minimum atomic E-state index is -3.59. The van der Waals surface area contributed by atoms with Gasteiger partial charge in [0.1, 0.15) is 0 Å². The lowest BCUT2D eigenvalue weighted by Gasteiger charge is -2.28. The Morgan fingerprint density at radius 2 is 2.10 bits per heavy atom. The van der Waals surface area contributed by atoms with Gasteiger partial charge in [-0.1, -0.05) is 20.3 Å². The number of esters is 1. The molecule has 1 fully saturated rings. The van der Waals surface area contributed by atoms with Gasteiger partial charge in [-0.15, -0.1) is 0 Å². The van der Waals surface area contributed by atoms with Crippen LogP contribution in [-0.2, 0) is 19.6 Å². The molecule has 0 saturated heterocycles. The van der Waals surface area contributed by atoms with Crippen LogP contribution in [0.3, 0.4) is 0 Å². The first-order valence-electron chi connectivity index (χ1n) is 7.28. The second-order valence-corrected chi connectivity index (χ2v) is 7.96. The highest BCUT2D eigenvalue weighted by molar-refractivity contribution is 7.89. The molecule has 21 heavy (non-hydrogen) atoms. The predicted octanol–water partition coefficient (Wildman–Crippen LogP) is 1.53. The van der Waals surface area contributed by atoms with E-state index in [0.717, 1.165) is 0 Å². The fraction of sp³-hybridized carbons (Fsp3) is 0.857. The molecule has 0 spiro atoms. The topological polar surface area (TPSA) is 87.5 Å². The number of carbonyl (C=O) groups is 1. The van der Waals surface area contributed by atoms with Gasteiger partial charge in [0.2, 0.25) is 10.0 Å². The summed E-state index contributed by atoms with van der Waals surface area (Å²) in [7, 11) is -2.31. The monoisotopic (exact) mass is 316 g/mol. The van der Waals surface area contributed by atoms with Crippen molar-refractivity contribution in [3.05, 3.63) is 0 Å². The number of sulfonamides is 1. The van der Waals surface area contributed by atoms with Gasteiger partial charge in [0.15, 0.2) is 0 Å². The Morgan fingerprint density at radius 3 is 2.62 bits per heavy atom. The molecule has 1 rings (SSSR count). The highest BCUT2D eigenvalue weighted by Gasteiger charge is 2.44. The SMILES string of the molecule is COC(=O)C1CCCC1S(=O)(=O)N(CCC#N)CC(C)C. The van der Waals surface area contributed by atoms with E-state index in [1.165, 1.54) is 11.4 Å². The molecule has 2 unspecified atom stereocenters. The maximum atomic E-state index is 12.8. The van der Waals surface area contributed by atoms with Crippen molar-refractivity contribution in [2.75, 3.05) is 20.2 Å². The maximum absolute atomic E-state index is 12.8. The smallest absolute Gasteiger partial charge is 0.310 e. The Kier molecular flexibility index (Phi) is 6.62. The molecule has 1 aliphatic rings. The first kappa shape index (κ1) is 17.9. The molecule has 0 bridgehead atoms. The predicted molar refractivity (Wildman–Crippen MR) is 78.7 cm³/mol. The fourth-order valence-corrected chi connectivity index (χ4v) is 5.16. The molecule has 0 amide bonds. The average molecular weight is 316 g/mol. The Labute approximate surface area is 127 Å². The summed E-state index contributed by atoms with van der Waals surface area (Å²) in [4.78, 5) is 11.8. The first-order valence-corrected chi connectivity index (χ1v) is 8.78. The molecule has 0 radical (unpaired) electrons. The molecular weight excluding hydrogens is 292 g/mol. The van der Waals surface area contributed by atoms with Crippen LogP contribution in [0, 0.1) is 23.2 Å². The molecule has 0 aliphatic heterocycles. The van der Waals surface area contributed by atoms with Gasteiger partial charge in [-0.2, -0.15) is 5.26 Å². The lowest BCUT2D eigenvalue weighted by Crippen LogP contribution is -2.44. The van der Waals surface area contributed by atoms with Crippen LogP contribution >= 0.6 is 0 Å². The van der Waals surface area contributed by atoms with Crippen LogP contribution in [0.4, 0.5) is 0 Å². The van der Waals surface area contributed by atoms with Crippen molar-refractivity contribution in [2.45, 2.75) is 44.8 Å². The number of methoxy groups -OCH3 is 1. The van der Waals surface area contributed by atoms with Crippen molar-refractivity contribution >= 4 is 16.0 Å². The number of hydrogen-bond acceptors (Lipinski definition) is 5. The van der Waals surface area contributed by atoms with E-state index in [-0.39, 0.29) is 18.9 Å². The van der Waals surface area contributed by atoms with E-state index >= 15 is 0 Å². The van der Waals surface area contributed by atoms with Crippen molar-refractivity contribution in [2.24, 2.45) is 11.8 Å². The third-order valence-corrected chi connectivity index (χ3v) is 6.12. The molecule has 0 aromatic carbocycles. The molecule has 0 heterocycles. The van der Waals surface area contributed by atoms with E-state index in [9.17, 15) is 13.2 Å². The van der Waals surface area contributed by atoms with E-state index in [1.807, 2.05) is 19.9 Å². The van der Waals surface area contributed by atoms with E-state index in [2.05, 4.69) is 0 Å². The van der Waals surface area contributed by atoms with E-state index < -0.39 is 27.2 Å². The summed E-state index contributed by atoms with van der Waals surface area (Å²) in [5, 5.41) is 7.99. The van der Waals surface area contributed by atoms with Gasteiger partial charge in [0.25, 0.3) is 0 Å². The highest BCUT2D eigenvalue weighted by Crippen LogP contribution is 2.34. The Bertz CT molecular complexity index is 496. The second kappa shape index (κ2) is 7.76. The van der Waals surface area contributed by atoms with Crippen LogP contribution in [0.1, 0.15) is 39.5 Å². The molecule has 0 aromatic rings. The summed E-state index contributed by atoms with van der Waals surface area (Å²) in [6.45, 7) is 4.42. The Balaban J connectivity index is 2.98. The summed E-state index contributed by atoms with van der Waals surface area (Å²) in [5.74, 6) is -0.876. The number of ether oxygens (including phenoxy) is 1. The zero-order valence-corrected chi connectivity index (χ0v) is 13.7. The van der Waals surface area contributed by atoms with Crippen molar-refractivity contribution in [1.82, 2.24) is 4.31 Å². The molecule has 2 atom stereocenters. The van der Waals surface area contributed by atoms with Crippen LogP contribution in [0.2, 0.25) is 0 Å². The molecule has 6 nitrogen and oxygen atoms in total. The van der Waals surface area contributed by atoms with Gasteiger partial charge < -0.3 is 4.74 Å². The molecular formula is C14H24N2O4S. The van der Waals surface area contributed by atoms with Gasteiger partial charge in [-0.3, -0.25) is 4.79 Å². The normalized spacial score (nSPS) is 22.5. The van der Waals surface area contributed by atoms with Gasteiger partial charge >= 0.3 is 5.97 Å². The zero-order valence-electron chi connectivity index (χ0n) is 12.9. The van der Waals surface area contributed by atoms with Crippen molar-refractivity contribution in [1.29, 1.82) is 5.26 Å². The Hall–Kier alpha value is -1.13. The number of rotatable bonds is 7. The summed E-state index contributed by atoms with van der Waals surface area (Å²) in [5.41, 5.74) is 0. The van der Waals surface area contributed by atoms with Crippen LogP contribution in [-0.4, -0.2) is 44.1 Å². The van der Waals surface area contributed by atoms with Gasteiger partial charge in [0, 0.05) is 19.5 Å². The quantitative estimate of drug-likeness (QED) is 0.665. The van der Waals surface area contributed by atoms with Crippen LogP contribution < -0.4 is 0 Å². The standard InChI is InChI=1S/C14H24N2O4S/c1-11(2)10-16(9-5-8-15)21(18,19)13-7-4-6-12(13)14(17)20-3/h11-13H,4-7,9-10H2,1-3H3. The van der Waals surface area contributed by atoms with E-state index in [4.69, 9.17) is 10.00 Å². The lowest BCUT2D eigenvalue weighted by molar-refractivity contribution is -0.145. The fourth-order valence-electron chi connectivity index (χ4n) is 2.80. The van der Waals surface area contributed by atoms with Crippen LogP contribution in [0.5, 0.6) is 0 Å². The summed E-state index contributed by atoms with van der Waals surface area (Å²) >= 11 is 0. The number of nitriles is 1. The highest BCUT2D eigenvalue weighted by atomic mass is 32.2. The third-order valence-electron chi connectivity index (χ3n) is 3.74. The van der Waals surface area contributed by atoms with Crippen LogP contribution in [0.25, 0.3) is 0 Å². The molecule has 1 saturated carbocycles. The van der Waals surface area contributed by atoms with Crippen molar-refractivity contribution in [3.63, 3.8) is 0 Å². The summed E-state index contributed by atoms with van der Waals surface area (Å²) in [6, 6.07) is 1.98.